The van der Waals surface area contributed by atoms with E-state index in [2.05, 4.69) is 22.5 Å². The Labute approximate surface area is 110 Å². The van der Waals surface area contributed by atoms with Crippen LogP contribution in [0.4, 0.5) is 0 Å². The molecule has 0 aromatic carbocycles. The molecule has 0 aromatic heterocycles. The van der Waals surface area contributed by atoms with Crippen LogP contribution in [0.3, 0.4) is 0 Å². The lowest BCUT2D eigenvalue weighted by Gasteiger charge is -2.30. The SMILES string of the molecule is C[C@@H](NC(=O)CN1CCNCC1)C1CCCCC1. The molecule has 18 heavy (non-hydrogen) atoms. The Kier molecular flexibility index (Phi) is 5.45. The molecule has 0 aromatic rings. The zero-order valence-electron chi connectivity index (χ0n) is 11.6. The number of amides is 1. The summed E-state index contributed by atoms with van der Waals surface area (Å²) in [5, 5.41) is 6.50. The summed E-state index contributed by atoms with van der Waals surface area (Å²) < 4.78 is 0. The summed E-state index contributed by atoms with van der Waals surface area (Å²) in [5.74, 6) is 0.903. The van der Waals surface area contributed by atoms with E-state index in [4.69, 9.17) is 0 Å². The van der Waals surface area contributed by atoms with Gasteiger partial charge in [-0.3, -0.25) is 9.69 Å². The van der Waals surface area contributed by atoms with Crippen LogP contribution >= 0.6 is 0 Å². The van der Waals surface area contributed by atoms with Crippen molar-refractivity contribution in [1.29, 1.82) is 0 Å². The average molecular weight is 253 g/mol. The molecule has 0 bridgehead atoms. The van der Waals surface area contributed by atoms with E-state index in [1.807, 2.05) is 0 Å². The van der Waals surface area contributed by atoms with Gasteiger partial charge < -0.3 is 10.6 Å². The molecule has 2 fully saturated rings. The first kappa shape index (κ1) is 13.8. The fraction of sp³-hybridized carbons (Fsp3) is 0.929. The van der Waals surface area contributed by atoms with Gasteiger partial charge in [-0.25, -0.2) is 0 Å². The molecular formula is C14H27N3O. The van der Waals surface area contributed by atoms with Crippen molar-refractivity contribution in [3.63, 3.8) is 0 Å². The second-order valence-corrected chi connectivity index (χ2v) is 5.78. The van der Waals surface area contributed by atoms with E-state index in [1.165, 1.54) is 32.1 Å². The molecular weight excluding hydrogens is 226 g/mol. The van der Waals surface area contributed by atoms with Crippen LogP contribution in [0.5, 0.6) is 0 Å². The summed E-state index contributed by atoms with van der Waals surface area (Å²) in [6.07, 6.45) is 6.62. The van der Waals surface area contributed by atoms with Crippen molar-refractivity contribution in [2.24, 2.45) is 5.92 Å². The normalized spacial score (nSPS) is 24.7. The Balaban J connectivity index is 1.68. The van der Waals surface area contributed by atoms with Gasteiger partial charge in [-0.1, -0.05) is 19.3 Å². The van der Waals surface area contributed by atoms with Gasteiger partial charge in [0, 0.05) is 32.2 Å². The van der Waals surface area contributed by atoms with Crippen molar-refractivity contribution >= 4 is 5.91 Å². The smallest absolute Gasteiger partial charge is 0.234 e. The van der Waals surface area contributed by atoms with Crippen LogP contribution in [0.2, 0.25) is 0 Å². The van der Waals surface area contributed by atoms with E-state index in [0.717, 1.165) is 26.2 Å². The maximum Gasteiger partial charge on any atom is 0.234 e. The van der Waals surface area contributed by atoms with Gasteiger partial charge in [0.1, 0.15) is 0 Å². The summed E-state index contributed by atoms with van der Waals surface area (Å²) in [7, 11) is 0. The molecule has 2 rings (SSSR count). The molecule has 1 aliphatic heterocycles. The van der Waals surface area contributed by atoms with Gasteiger partial charge in [0.2, 0.25) is 5.91 Å². The van der Waals surface area contributed by atoms with Crippen molar-refractivity contribution in [2.45, 2.75) is 45.1 Å². The zero-order valence-corrected chi connectivity index (χ0v) is 11.6. The van der Waals surface area contributed by atoms with Crippen LogP contribution < -0.4 is 10.6 Å². The second kappa shape index (κ2) is 7.10. The molecule has 1 saturated carbocycles. The van der Waals surface area contributed by atoms with Crippen molar-refractivity contribution in [1.82, 2.24) is 15.5 Å². The summed E-state index contributed by atoms with van der Waals surface area (Å²) >= 11 is 0. The molecule has 0 spiro atoms. The third-order valence-electron chi connectivity index (χ3n) is 4.32. The lowest BCUT2D eigenvalue weighted by molar-refractivity contribution is -0.123. The number of hydrogen-bond acceptors (Lipinski definition) is 3. The highest BCUT2D eigenvalue weighted by Gasteiger charge is 2.22. The highest BCUT2D eigenvalue weighted by molar-refractivity contribution is 5.78. The lowest BCUT2D eigenvalue weighted by atomic mass is 9.84. The highest BCUT2D eigenvalue weighted by atomic mass is 16.2. The zero-order chi connectivity index (χ0) is 12.8. The van der Waals surface area contributed by atoms with Crippen LogP contribution in [0.15, 0.2) is 0 Å². The quantitative estimate of drug-likeness (QED) is 0.785. The molecule has 1 heterocycles. The average Bonchev–Trinajstić information content (AvgIpc) is 2.40. The van der Waals surface area contributed by atoms with E-state index in [9.17, 15) is 4.79 Å². The van der Waals surface area contributed by atoms with E-state index in [1.54, 1.807) is 0 Å². The first-order chi connectivity index (χ1) is 8.75. The minimum Gasteiger partial charge on any atom is -0.352 e. The van der Waals surface area contributed by atoms with Crippen LogP contribution in [0.1, 0.15) is 39.0 Å². The van der Waals surface area contributed by atoms with Crippen molar-refractivity contribution in [3.05, 3.63) is 0 Å². The first-order valence-corrected chi connectivity index (χ1v) is 7.48. The predicted octanol–water partition coefficient (Wildman–Crippen LogP) is 0.977. The molecule has 4 heteroatoms. The number of hydrogen-bond donors (Lipinski definition) is 2. The summed E-state index contributed by atoms with van der Waals surface area (Å²) in [6.45, 7) is 6.73. The number of rotatable bonds is 4. The van der Waals surface area contributed by atoms with E-state index in [0.29, 0.717) is 18.5 Å². The number of nitrogens with one attached hydrogen (secondary N) is 2. The fourth-order valence-electron chi connectivity index (χ4n) is 3.12. The standard InChI is InChI=1S/C14H27N3O/c1-12(13-5-3-2-4-6-13)16-14(18)11-17-9-7-15-8-10-17/h12-13,15H,2-11H2,1H3,(H,16,18)/t12-/m1/s1. The van der Waals surface area contributed by atoms with E-state index >= 15 is 0 Å². The molecule has 1 atom stereocenters. The van der Waals surface area contributed by atoms with Crippen molar-refractivity contribution in [2.75, 3.05) is 32.7 Å². The van der Waals surface area contributed by atoms with Crippen LogP contribution in [-0.4, -0.2) is 49.6 Å². The summed E-state index contributed by atoms with van der Waals surface area (Å²) in [4.78, 5) is 14.2. The van der Waals surface area contributed by atoms with Gasteiger partial charge in [-0.2, -0.15) is 0 Å². The van der Waals surface area contributed by atoms with Gasteiger partial charge in [-0.05, 0) is 25.7 Å². The van der Waals surface area contributed by atoms with Gasteiger partial charge >= 0.3 is 0 Å². The van der Waals surface area contributed by atoms with Gasteiger partial charge in [0.25, 0.3) is 0 Å². The van der Waals surface area contributed by atoms with E-state index in [-0.39, 0.29) is 5.91 Å². The molecule has 1 saturated heterocycles. The maximum absolute atomic E-state index is 12.0. The third kappa shape index (κ3) is 4.25. The Morgan fingerprint density at radius 3 is 2.61 bits per heavy atom. The largest absolute Gasteiger partial charge is 0.352 e. The van der Waals surface area contributed by atoms with Crippen molar-refractivity contribution < 1.29 is 4.79 Å². The Bertz CT molecular complexity index is 258. The number of carbonyl (C=O) groups is 1. The topological polar surface area (TPSA) is 44.4 Å². The third-order valence-corrected chi connectivity index (χ3v) is 4.32. The molecule has 2 aliphatic rings. The van der Waals surface area contributed by atoms with Crippen LogP contribution in [0, 0.1) is 5.92 Å². The Morgan fingerprint density at radius 2 is 1.94 bits per heavy atom. The maximum atomic E-state index is 12.0. The predicted molar refractivity (Wildman–Crippen MR) is 73.5 cm³/mol. The number of piperazine rings is 1. The van der Waals surface area contributed by atoms with Crippen molar-refractivity contribution in [3.8, 4) is 0 Å². The molecule has 0 radical (unpaired) electrons. The second-order valence-electron chi connectivity index (χ2n) is 5.78. The lowest BCUT2D eigenvalue weighted by Crippen LogP contribution is -2.49. The van der Waals surface area contributed by atoms with Crippen LogP contribution in [0.25, 0.3) is 0 Å². The molecule has 2 N–H and O–H groups in total. The van der Waals surface area contributed by atoms with Crippen LogP contribution in [-0.2, 0) is 4.79 Å². The van der Waals surface area contributed by atoms with E-state index < -0.39 is 0 Å². The molecule has 4 nitrogen and oxygen atoms in total. The Hall–Kier alpha value is -0.610. The molecule has 104 valence electrons. The number of carbonyl (C=O) groups excluding carboxylic acids is 1. The molecule has 0 unspecified atom stereocenters. The van der Waals surface area contributed by atoms with Gasteiger partial charge in [0.15, 0.2) is 0 Å². The monoisotopic (exact) mass is 253 g/mol. The summed E-state index contributed by atoms with van der Waals surface area (Å²) in [6, 6.07) is 0.348. The molecule has 1 amide bonds. The molecule has 1 aliphatic carbocycles. The summed E-state index contributed by atoms with van der Waals surface area (Å²) in [5.41, 5.74) is 0. The highest BCUT2D eigenvalue weighted by Crippen LogP contribution is 2.26. The first-order valence-electron chi connectivity index (χ1n) is 7.48. The Morgan fingerprint density at radius 1 is 1.28 bits per heavy atom. The van der Waals surface area contributed by atoms with Gasteiger partial charge in [-0.15, -0.1) is 0 Å². The minimum atomic E-state index is 0.204. The minimum absolute atomic E-state index is 0.204. The van der Waals surface area contributed by atoms with Gasteiger partial charge in [0.05, 0.1) is 6.54 Å². The number of nitrogens with zero attached hydrogens (tertiary/aromatic N) is 1. The fourth-order valence-corrected chi connectivity index (χ4v) is 3.12.